The molecule has 3 rings (SSSR count). The molecule has 26 heavy (non-hydrogen) atoms. The van der Waals surface area contributed by atoms with Crippen molar-refractivity contribution in [1.82, 2.24) is 0 Å². The Labute approximate surface area is 154 Å². The topological polar surface area (TPSA) is 53.9 Å². The molecule has 0 unspecified atom stereocenters. The largest absolute Gasteiger partial charge is 0.443 e. The van der Waals surface area contributed by atoms with Crippen LogP contribution in [-0.2, 0) is 11.2 Å². The Morgan fingerprint density at radius 3 is 2.65 bits per heavy atom. The Balaban J connectivity index is 1.85. The first-order valence-electron chi connectivity index (χ1n) is 8.90. The summed E-state index contributed by atoms with van der Waals surface area (Å²) in [6, 6.07) is 15.8. The third kappa shape index (κ3) is 4.42. The van der Waals surface area contributed by atoms with Crippen LogP contribution in [0.4, 0.5) is 16.2 Å². The molecular formula is C21H25N3O2. The quantitative estimate of drug-likeness (QED) is 0.637. The van der Waals surface area contributed by atoms with E-state index in [1.807, 2.05) is 63.2 Å². The minimum atomic E-state index is -0.521. The van der Waals surface area contributed by atoms with E-state index in [2.05, 4.69) is 16.6 Å². The maximum absolute atomic E-state index is 12.7. The Morgan fingerprint density at radius 1 is 1.15 bits per heavy atom. The number of nitrogens with zero attached hydrogens (tertiary/aromatic N) is 2. The van der Waals surface area contributed by atoms with Crippen LogP contribution >= 0.6 is 0 Å². The first-order valence-corrected chi connectivity index (χ1v) is 8.90. The molecule has 5 heteroatoms. The highest BCUT2D eigenvalue weighted by molar-refractivity contribution is 5.98. The number of rotatable bonds is 3. The Morgan fingerprint density at radius 2 is 1.92 bits per heavy atom. The summed E-state index contributed by atoms with van der Waals surface area (Å²) in [5.74, 6) is 0. The number of carbonyl (C=O) groups is 1. The zero-order valence-electron chi connectivity index (χ0n) is 15.5. The fourth-order valence-electron chi connectivity index (χ4n) is 2.97. The summed E-state index contributed by atoms with van der Waals surface area (Å²) in [5, 5.41) is 4.33. The van der Waals surface area contributed by atoms with Gasteiger partial charge in [0, 0.05) is 12.1 Å². The van der Waals surface area contributed by atoms with Crippen molar-refractivity contribution < 1.29 is 9.53 Å². The predicted octanol–water partition coefficient (Wildman–Crippen LogP) is 4.82. The van der Waals surface area contributed by atoms with Crippen LogP contribution in [0.1, 0.15) is 38.3 Å². The van der Waals surface area contributed by atoms with Crippen molar-refractivity contribution in [2.75, 3.05) is 16.9 Å². The number of fused-ring (bicyclic) bond motifs is 1. The van der Waals surface area contributed by atoms with Crippen molar-refractivity contribution in [3.63, 3.8) is 0 Å². The van der Waals surface area contributed by atoms with Crippen LogP contribution in [0.5, 0.6) is 0 Å². The van der Waals surface area contributed by atoms with E-state index in [0.717, 1.165) is 35.3 Å². The van der Waals surface area contributed by atoms with Gasteiger partial charge in [-0.25, -0.2) is 4.79 Å². The number of aryl methyl sites for hydroxylation is 1. The lowest BCUT2D eigenvalue weighted by molar-refractivity contribution is 0.0578. The second-order valence-corrected chi connectivity index (χ2v) is 7.33. The zero-order valence-corrected chi connectivity index (χ0v) is 15.5. The minimum Gasteiger partial charge on any atom is -0.443 e. The number of nitrogens with one attached hydrogen (secondary N) is 1. The van der Waals surface area contributed by atoms with Gasteiger partial charge >= 0.3 is 6.09 Å². The third-order valence-electron chi connectivity index (χ3n) is 4.03. The fourth-order valence-corrected chi connectivity index (χ4v) is 2.97. The lowest BCUT2D eigenvalue weighted by Gasteiger charge is -2.32. The molecule has 0 saturated heterocycles. The molecule has 2 aromatic rings. The van der Waals surface area contributed by atoms with Gasteiger partial charge in [0.25, 0.3) is 0 Å². The molecule has 136 valence electrons. The number of amides is 1. The van der Waals surface area contributed by atoms with Crippen LogP contribution in [0.25, 0.3) is 0 Å². The van der Waals surface area contributed by atoms with Crippen molar-refractivity contribution in [3.8, 4) is 0 Å². The molecule has 0 fully saturated rings. The molecule has 1 aliphatic rings. The van der Waals surface area contributed by atoms with Crippen molar-refractivity contribution in [1.29, 1.82) is 0 Å². The van der Waals surface area contributed by atoms with Gasteiger partial charge in [-0.05, 0) is 51.3 Å². The van der Waals surface area contributed by atoms with E-state index >= 15 is 0 Å². The van der Waals surface area contributed by atoms with E-state index in [9.17, 15) is 4.79 Å². The first kappa shape index (κ1) is 18.0. The van der Waals surface area contributed by atoms with Crippen molar-refractivity contribution in [2.45, 2.75) is 39.2 Å². The summed E-state index contributed by atoms with van der Waals surface area (Å²) in [6.07, 6.45) is 3.32. The van der Waals surface area contributed by atoms with E-state index in [4.69, 9.17) is 4.74 Å². The summed E-state index contributed by atoms with van der Waals surface area (Å²) in [7, 11) is 0. The number of anilines is 2. The second-order valence-electron chi connectivity index (χ2n) is 7.33. The molecule has 1 aliphatic heterocycles. The number of hydrogen-bond donors (Lipinski definition) is 1. The Kier molecular flexibility index (Phi) is 5.26. The van der Waals surface area contributed by atoms with Gasteiger partial charge in [-0.15, -0.1) is 0 Å². The van der Waals surface area contributed by atoms with Crippen molar-refractivity contribution in [2.24, 2.45) is 5.10 Å². The van der Waals surface area contributed by atoms with Crippen LogP contribution in [-0.4, -0.2) is 24.5 Å². The number of para-hydroxylation sites is 2. The molecular weight excluding hydrogens is 326 g/mol. The molecule has 1 N–H and O–H groups in total. The highest BCUT2D eigenvalue weighted by Crippen LogP contribution is 2.31. The number of benzene rings is 2. The van der Waals surface area contributed by atoms with Gasteiger partial charge in [0.2, 0.25) is 0 Å². The predicted molar refractivity (Wildman–Crippen MR) is 106 cm³/mol. The molecule has 0 atom stereocenters. The van der Waals surface area contributed by atoms with Gasteiger partial charge < -0.3 is 4.74 Å². The van der Waals surface area contributed by atoms with Gasteiger partial charge in [0.05, 0.1) is 17.6 Å². The van der Waals surface area contributed by atoms with Crippen LogP contribution in [0.2, 0.25) is 0 Å². The molecule has 0 spiro atoms. The van der Waals surface area contributed by atoms with Gasteiger partial charge in [-0.1, -0.05) is 36.4 Å². The number of hydrazone groups is 1. The third-order valence-corrected chi connectivity index (χ3v) is 4.03. The van der Waals surface area contributed by atoms with Crippen LogP contribution < -0.4 is 10.3 Å². The molecule has 5 nitrogen and oxygen atoms in total. The molecule has 0 aliphatic carbocycles. The molecule has 1 heterocycles. The maximum atomic E-state index is 12.7. The van der Waals surface area contributed by atoms with Crippen LogP contribution in [0, 0.1) is 0 Å². The Bertz CT molecular complexity index is 795. The molecule has 0 aromatic heterocycles. The SMILES string of the molecule is CC(C)(C)OC(=O)N1CCCc2cccc(C=NNc3ccccc3)c21. The second kappa shape index (κ2) is 7.60. The smallest absolute Gasteiger partial charge is 0.414 e. The highest BCUT2D eigenvalue weighted by Gasteiger charge is 2.28. The van der Waals surface area contributed by atoms with E-state index in [1.165, 1.54) is 0 Å². The first-order chi connectivity index (χ1) is 12.4. The summed E-state index contributed by atoms with van der Waals surface area (Å²) in [6.45, 7) is 6.30. The maximum Gasteiger partial charge on any atom is 0.414 e. The van der Waals surface area contributed by atoms with E-state index < -0.39 is 5.60 Å². The van der Waals surface area contributed by atoms with E-state index in [0.29, 0.717) is 6.54 Å². The minimum absolute atomic E-state index is 0.310. The highest BCUT2D eigenvalue weighted by atomic mass is 16.6. The monoisotopic (exact) mass is 351 g/mol. The lowest BCUT2D eigenvalue weighted by Crippen LogP contribution is -2.40. The van der Waals surface area contributed by atoms with Crippen LogP contribution in [0.3, 0.4) is 0 Å². The van der Waals surface area contributed by atoms with Gasteiger partial charge in [0.15, 0.2) is 0 Å². The fraction of sp³-hybridized carbons (Fsp3) is 0.333. The standard InChI is InChI=1S/C21H25N3O2/c1-21(2,3)26-20(25)24-14-8-11-16-9-7-10-17(19(16)24)15-22-23-18-12-5-4-6-13-18/h4-7,9-10,12-13,15,23H,8,11,14H2,1-3H3. The Hall–Kier alpha value is -2.82. The molecule has 0 bridgehead atoms. The average molecular weight is 351 g/mol. The number of ether oxygens (including phenoxy) is 1. The number of carbonyl (C=O) groups excluding carboxylic acids is 1. The summed E-state index contributed by atoms with van der Waals surface area (Å²) < 4.78 is 5.59. The number of hydrogen-bond acceptors (Lipinski definition) is 4. The molecule has 1 amide bonds. The summed E-state index contributed by atoms with van der Waals surface area (Å²) in [5.41, 5.74) is 6.35. The summed E-state index contributed by atoms with van der Waals surface area (Å²) >= 11 is 0. The lowest BCUT2D eigenvalue weighted by atomic mass is 9.98. The van der Waals surface area contributed by atoms with Gasteiger partial charge in [0.1, 0.15) is 5.60 Å². The van der Waals surface area contributed by atoms with Gasteiger partial charge in [-0.2, -0.15) is 5.10 Å². The molecule has 2 aromatic carbocycles. The normalized spacial score (nSPS) is 14.2. The van der Waals surface area contributed by atoms with Crippen molar-refractivity contribution in [3.05, 3.63) is 59.7 Å². The van der Waals surface area contributed by atoms with Crippen LogP contribution in [0.15, 0.2) is 53.6 Å². The average Bonchev–Trinajstić information content (AvgIpc) is 2.61. The van der Waals surface area contributed by atoms with E-state index in [-0.39, 0.29) is 6.09 Å². The van der Waals surface area contributed by atoms with E-state index in [1.54, 1.807) is 11.1 Å². The van der Waals surface area contributed by atoms with Gasteiger partial charge in [-0.3, -0.25) is 10.3 Å². The van der Waals surface area contributed by atoms with Crippen molar-refractivity contribution >= 4 is 23.7 Å². The zero-order chi connectivity index (χ0) is 18.6. The molecule has 0 saturated carbocycles. The summed E-state index contributed by atoms with van der Waals surface area (Å²) in [4.78, 5) is 14.4. The molecule has 0 radical (unpaired) electrons.